The Morgan fingerprint density at radius 1 is 1.67 bits per heavy atom. The van der Waals surface area contributed by atoms with Crippen molar-refractivity contribution in [2.75, 3.05) is 13.2 Å². The fraction of sp³-hybridized carbons (Fsp3) is 0.250. The maximum Gasteiger partial charge on any atom is 0.269 e. The van der Waals surface area contributed by atoms with Gasteiger partial charge in [-0.1, -0.05) is 11.6 Å². The van der Waals surface area contributed by atoms with Crippen LogP contribution >= 0.6 is 35.2 Å². The fourth-order valence-corrected chi connectivity index (χ4v) is 3.50. The van der Waals surface area contributed by atoms with Gasteiger partial charge in [0.2, 0.25) is 0 Å². The Bertz CT molecular complexity index is 553. The Hall–Kier alpha value is -0.990. The average Bonchev–Trinajstić information content (AvgIpc) is 2.79. The normalized spacial score (nSPS) is 15.7. The van der Waals surface area contributed by atoms with E-state index in [1.807, 2.05) is 5.16 Å². The first-order valence-electron chi connectivity index (χ1n) is 4.50. The maximum atomic E-state index is 11.8. The minimum Gasteiger partial charge on any atom is -0.471 e. The van der Waals surface area contributed by atoms with E-state index in [1.54, 1.807) is 5.38 Å². The van der Waals surface area contributed by atoms with Crippen molar-refractivity contribution in [1.82, 2.24) is 0 Å². The van der Waals surface area contributed by atoms with Gasteiger partial charge in [-0.05, 0) is 22.5 Å². The average molecular weight is 325 g/mol. The summed E-state index contributed by atoms with van der Waals surface area (Å²) in [6.45, 7) is 0.728. The van der Waals surface area contributed by atoms with Gasteiger partial charge in [0.25, 0.3) is 17.0 Å². The van der Waals surface area contributed by atoms with Gasteiger partial charge in [-0.25, -0.2) is 4.21 Å². The van der Waals surface area contributed by atoms with E-state index >= 15 is 0 Å². The number of thiocarbonyl (C=S) groups is 1. The molecule has 1 aromatic heterocycles. The molecule has 18 heavy (non-hydrogen) atoms. The molecule has 6 nitrogen and oxygen atoms in total. The van der Waals surface area contributed by atoms with E-state index in [0.29, 0.717) is 18.1 Å². The van der Waals surface area contributed by atoms with E-state index in [1.165, 1.54) is 11.3 Å². The molecule has 1 unspecified atom stereocenters. The standard InChI is InChI=1S/C8H5ClN2O4S3/c9-5-3-17-6(8-11-14-2-1-13-8)7(5)18(12)15-10-4-16/h3H,1-2H2. The summed E-state index contributed by atoms with van der Waals surface area (Å²) in [6, 6.07) is 0. The van der Waals surface area contributed by atoms with E-state index in [0.717, 1.165) is 0 Å². The highest BCUT2D eigenvalue weighted by atomic mass is 35.5. The van der Waals surface area contributed by atoms with Gasteiger partial charge in [-0.2, -0.15) is 0 Å². The summed E-state index contributed by atoms with van der Waals surface area (Å²) in [7, 11) is 0. The van der Waals surface area contributed by atoms with Crippen LogP contribution in [0.2, 0.25) is 5.02 Å². The quantitative estimate of drug-likeness (QED) is 0.482. The molecule has 0 bridgehead atoms. The highest BCUT2D eigenvalue weighted by Crippen LogP contribution is 2.32. The zero-order valence-electron chi connectivity index (χ0n) is 8.62. The number of isothiocyanates is 1. The van der Waals surface area contributed by atoms with Crippen molar-refractivity contribution in [3.8, 4) is 0 Å². The Morgan fingerprint density at radius 2 is 2.50 bits per heavy atom. The number of hydrogen-bond acceptors (Lipinski definition) is 8. The molecule has 1 aliphatic rings. The van der Waals surface area contributed by atoms with Gasteiger partial charge in [-0.3, -0.25) is 4.28 Å². The molecule has 10 heteroatoms. The Morgan fingerprint density at radius 3 is 3.17 bits per heavy atom. The van der Waals surface area contributed by atoms with Crippen molar-refractivity contribution in [1.29, 1.82) is 0 Å². The monoisotopic (exact) mass is 324 g/mol. The number of oxime groups is 1. The molecule has 1 atom stereocenters. The van der Waals surface area contributed by atoms with Crippen LogP contribution in [0.25, 0.3) is 0 Å². The molecule has 1 aliphatic heterocycles. The lowest BCUT2D eigenvalue weighted by atomic mass is 10.4. The molecule has 96 valence electrons. The molecule has 0 fully saturated rings. The zero-order chi connectivity index (χ0) is 13.0. The van der Waals surface area contributed by atoms with Gasteiger partial charge in [0.15, 0.2) is 6.61 Å². The van der Waals surface area contributed by atoms with Gasteiger partial charge < -0.3 is 9.57 Å². The van der Waals surface area contributed by atoms with Crippen LogP contribution in [0.1, 0.15) is 4.88 Å². The van der Waals surface area contributed by atoms with Crippen LogP contribution < -0.4 is 0 Å². The molecule has 0 saturated heterocycles. The molecule has 2 rings (SSSR count). The largest absolute Gasteiger partial charge is 0.471 e. The molecule has 0 spiro atoms. The van der Waals surface area contributed by atoms with Crippen LogP contribution in [-0.4, -0.2) is 28.5 Å². The second-order valence-corrected chi connectivity index (χ2v) is 5.31. The number of thiophene rings is 1. The smallest absolute Gasteiger partial charge is 0.269 e. The number of halogens is 1. The van der Waals surface area contributed by atoms with E-state index < -0.39 is 11.1 Å². The second kappa shape index (κ2) is 6.26. The predicted octanol–water partition coefficient (Wildman–Crippen LogP) is 2.17. The lowest BCUT2D eigenvalue weighted by Gasteiger charge is -2.12. The zero-order valence-corrected chi connectivity index (χ0v) is 11.8. The molecule has 0 amide bonds. The van der Waals surface area contributed by atoms with Crippen LogP contribution in [0, 0.1) is 0 Å². The molecule has 0 N–H and O–H groups in total. The van der Waals surface area contributed by atoms with E-state index in [4.69, 9.17) is 21.2 Å². The van der Waals surface area contributed by atoms with Crippen molar-refractivity contribution in [3.63, 3.8) is 0 Å². The van der Waals surface area contributed by atoms with Crippen molar-refractivity contribution in [2.24, 2.45) is 10.3 Å². The summed E-state index contributed by atoms with van der Waals surface area (Å²) in [4.78, 5) is 5.59. The lowest BCUT2D eigenvalue weighted by Crippen LogP contribution is -2.17. The minimum absolute atomic E-state index is 0.219. The molecule has 2 heterocycles. The van der Waals surface area contributed by atoms with Crippen molar-refractivity contribution < 1.29 is 18.1 Å². The van der Waals surface area contributed by atoms with Gasteiger partial charge in [0.05, 0.1) is 5.02 Å². The summed E-state index contributed by atoms with van der Waals surface area (Å²) >= 11 is 9.56. The number of nitrogens with zero attached hydrogens (tertiary/aromatic N) is 2. The predicted molar refractivity (Wildman–Crippen MR) is 70.3 cm³/mol. The lowest BCUT2D eigenvalue weighted by molar-refractivity contribution is 0.0656. The molecule has 0 aromatic carbocycles. The molecular formula is C8H5ClN2O4S3. The summed E-state index contributed by atoms with van der Waals surface area (Å²) in [5, 5.41) is 10.7. The highest BCUT2D eigenvalue weighted by molar-refractivity contribution is 7.80. The van der Waals surface area contributed by atoms with Gasteiger partial charge >= 0.3 is 0 Å². The number of ether oxygens (including phenoxy) is 1. The third kappa shape index (κ3) is 2.88. The summed E-state index contributed by atoms with van der Waals surface area (Å²) in [5.74, 6) is 0.219. The fourth-order valence-electron chi connectivity index (χ4n) is 1.13. The van der Waals surface area contributed by atoms with Gasteiger partial charge in [-0.15, -0.1) is 11.3 Å². The Balaban J connectivity index is 2.34. The molecule has 1 aromatic rings. The Labute approximate surface area is 119 Å². The Kier molecular flexibility index (Phi) is 4.67. The van der Waals surface area contributed by atoms with Crippen molar-refractivity contribution in [3.05, 3.63) is 15.3 Å². The SMILES string of the molecule is O=S(ON=C=S)c1c(Cl)csc1C1=NOCCO1. The van der Waals surface area contributed by atoms with Crippen LogP contribution in [0.3, 0.4) is 0 Å². The molecule has 0 saturated carbocycles. The second-order valence-electron chi connectivity index (χ2n) is 2.81. The molecule has 0 radical (unpaired) electrons. The highest BCUT2D eigenvalue weighted by Gasteiger charge is 2.25. The molecular weight excluding hydrogens is 320 g/mol. The van der Waals surface area contributed by atoms with Crippen LogP contribution in [0.5, 0.6) is 0 Å². The van der Waals surface area contributed by atoms with Crippen molar-refractivity contribution >= 4 is 57.3 Å². The topological polar surface area (TPSA) is 69.5 Å². The third-order valence-electron chi connectivity index (χ3n) is 1.77. The van der Waals surface area contributed by atoms with Gasteiger partial charge in [0, 0.05) is 5.38 Å². The third-order valence-corrected chi connectivity index (χ3v) is 4.45. The van der Waals surface area contributed by atoms with Crippen molar-refractivity contribution in [2.45, 2.75) is 4.90 Å². The number of hydrogen-bond donors (Lipinski definition) is 0. The van der Waals surface area contributed by atoms with Gasteiger partial charge in [0.1, 0.15) is 21.5 Å². The first-order chi connectivity index (χ1) is 8.74. The van der Waals surface area contributed by atoms with Crippen LogP contribution in [0.4, 0.5) is 0 Å². The first kappa shape index (κ1) is 13.4. The van der Waals surface area contributed by atoms with E-state index in [-0.39, 0.29) is 15.8 Å². The molecule has 0 aliphatic carbocycles. The van der Waals surface area contributed by atoms with E-state index in [9.17, 15) is 4.21 Å². The number of rotatable bonds is 4. The summed E-state index contributed by atoms with van der Waals surface area (Å²) in [6.07, 6.45) is 0. The summed E-state index contributed by atoms with van der Waals surface area (Å²) < 4.78 is 21.7. The first-order valence-corrected chi connectivity index (χ1v) is 7.24. The van der Waals surface area contributed by atoms with E-state index in [2.05, 4.69) is 26.8 Å². The maximum absolute atomic E-state index is 11.8. The van der Waals surface area contributed by atoms with Crippen LogP contribution in [-0.2, 0) is 24.9 Å². The summed E-state index contributed by atoms with van der Waals surface area (Å²) in [5.41, 5.74) is 0. The van der Waals surface area contributed by atoms with Crippen LogP contribution in [0.15, 0.2) is 20.6 Å². The minimum atomic E-state index is -1.91.